The fourth-order valence-corrected chi connectivity index (χ4v) is 2.00. The number of halogens is 1. The molecule has 0 aromatic heterocycles. The van der Waals surface area contributed by atoms with Gasteiger partial charge in [-0.2, -0.15) is 0 Å². The summed E-state index contributed by atoms with van der Waals surface area (Å²) in [5, 5.41) is 2.83. The molecule has 2 aromatic carbocycles. The van der Waals surface area contributed by atoms with E-state index >= 15 is 0 Å². The fourth-order valence-electron chi connectivity index (χ4n) is 2.00. The second-order valence-electron chi connectivity index (χ2n) is 4.57. The van der Waals surface area contributed by atoms with Crippen LogP contribution in [0.2, 0.25) is 0 Å². The third kappa shape index (κ3) is 3.19. The molecule has 0 radical (unpaired) electrons. The molecule has 2 rings (SSSR count). The van der Waals surface area contributed by atoms with E-state index in [9.17, 15) is 9.18 Å². The Morgan fingerprint density at radius 1 is 1.16 bits per heavy atom. The summed E-state index contributed by atoms with van der Waals surface area (Å²) in [4.78, 5) is 12.1. The van der Waals surface area contributed by atoms with Gasteiger partial charge in [0, 0.05) is 5.56 Å². The Balaban J connectivity index is 2.08. The van der Waals surface area contributed by atoms with Crippen LogP contribution in [-0.4, -0.2) is 12.3 Å². The minimum absolute atomic E-state index is 0.0410. The van der Waals surface area contributed by atoms with E-state index in [1.807, 2.05) is 32.0 Å². The third-order valence-corrected chi connectivity index (χ3v) is 3.00. The van der Waals surface area contributed by atoms with Gasteiger partial charge >= 0.3 is 0 Å². The topological polar surface area (TPSA) is 29.1 Å². The average Bonchev–Trinajstić information content (AvgIpc) is 2.37. The minimum Gasteiger partial charge on any atom is -0.375 e. The standard InChI is InChI=1S/C16H16FNO/c1-11-7-8-13(12(2)9-11)16(19)10-18-15-6-4-3-5-14(15)17/h3-9,18H,10H2,1-2H3. The highest BCUT2D eigenvalue weighted by atomic mass is 19.1. The Hall–Kier alpha value is -2.16. The van der Waals surface area contributed by atoms with Crippen LogP contribution in [0.15, 0.2) is 42.5 Å². The number of Topliss-reactive ketones (excluding diaryl/α,β-unsaturated/α-hetero) is 1. The number of para-hydroxylation sites is 1. The number of aryl methyl sites for hydroxylation is 2. The van der Waals surface area contributed by atoms with Crippen molar-refractivity contribution in [3.63, 3.8) is 0 Å². The van der Waals surface area contributed by atoms with Gasteiger partial charge in [-0.25, -0.2) is 4.39 Å². The van der Waals surface area contributed by atoms with Crippen LogP contribution in [0, 0.1) is 19.7 Å². The van der Waals surface area contributed by atoms with E-state index in [4.69, 9.17) is 0 Å². The molecule has 2 nitrogen and oxygen atoms in total. The van der Waals surface area contributed by atoms with Gasteiger partial charge in [0.25, 0.3) is 0 Å². The van der Waals surface area contributed by atoms with E-state index in [0.29, 0.717) is 11.3 Å². The number of anilines is 1. The minimum atomic E-state index is -0.351. The molecule has 98 valence electrons. The Labute approximate surface area is 112 Å². The molecule has 0 atom stereocenters. The highest BCUT2D eigenvalue weighted by Gasteiger charge is 2.09. The van der Waals surface area contributed by atoms with Gasteiger partial charge in [0.05, 0.1) is 12.2 Å². The number of hydrogen-bond acceptors (Lipinski definition) is 2. The van der Waals surface area contributed by atoms with Crippen LogP contribution in [-0.2, 0) is 0 Å². The van der Waals surface area contributed by atoms with Crippen LogP contribution in [0.4, 0.5) is 10.1 Å². The van der Waals surface area contributed by atoms with Crippen LogP contribution in [0.25, 0.3) is 0 Å². The van der Waals surface area contributed by atoms with E-state index in [2.05, 4.69) is 5.32 Å². The van der Waals surface area contributed by atoms with E-state index in [-0.39, 0.29) is 18.1 Å². The number of carbonyl (C=O) groups is 1. The summed E-state index contributed by atoms with van der Waals surface area (Å²) >= 11 is 0. The number of ketones is 1. The SMILES string of the molecule is Cc1ccc(C(=O)CNc2ccccc2F)c(C)c1. The summed E-state index contributed by atoms with van der Waals surface area (Å²) in [6.45, 7) is 3.98. The van der Waals surface area contributed by atoms with E-state index in [1.54, 1.807) is 18.2 Å². The van der Waals surface area contributed by atoms with Crippen molar-refractivity contribution in [2.75, 3.05) is 11.9 Å². The first-order valence-corrected chi connectivity index (χ1v) is 6.17. The van der Waals surface area contributed by atoms with Crippen molar-refractivity contribution in [2.24, 2.45) is 0 Å². The van der Waals surface area contributed by atoms with Crippen molar-refractivity contribution in [1.82, 2.24) is 0 Å². The lowest BCUT2D eigenvalue weighted by atomic mass is 10.0. The lowest BCUT2D eigenvalue weighted by Gasteiger charge is -2.09. The van der Waals surface area contributed by atoms with Gasteiger partial charge in [-0.15, -0.1) is 0 Å². The summed E-state index contributed by atoms with van der Waals surface area (Å²) in [7, 11) is 0. The first kappa shape index (κ1) is 13.3. The first-order chi connectivity index (χ1) is 9.08. The van der Waals surface area contributed by atoms with Gasteiger partial charge < -0.3 is 5.32 Å². The predicted molar refractivity (Wildman–Crippen MR) is 75.1 cm³/mol. The maximum Gasteiger partial charge on any atom is 0.182 e. The fraction of sp³-hybridized carbons (Fsp3) is 0.188. The second-order valence-corrected chi connectivity index (χ2v) is 4.57. The number of nitrogens with one attached hydrogen (secondary N) is 1. The Bertz CT molecular complexity index is 607. The lowest BCUT2D eigenvalue weighted by Crippen LogP contribution is -2.15. The quantitative estimate of drug-likeness (QED) is 0.845. The lowest BCUT2D eigenvalue weighted by molar-refractivity contribution is 0.101. The van der Waals surface area contributed by atoms with Crippen LogP contribution in [0.5, 0.6) is 0 Å². The van der Waals surface area contributed by atoms with Gasteiger partial charge in [0.1, 0.15) is 5.82 Å². The number of rotatable bonds is 4. The summed E-state index contributed by atoms with van der Waals surface area (Å²) in [5.74, 6) is -0.392. The molecular formula is C16H16FNO. The van der Waals surface area contributed by atoms with Gasteiger partial charge in [0.2, 0.25) is 0 Å². The number of carbonyl (C=O) groups excluding carboxylic acids is 1. The molecular weight excluding hydrogens is 241 g/mol. The average molecular weight is 257 g/mol. The Morgan fingerprint density at radius 3 is 2.58 bits per heavy atom. The largest absolute Gasteiger partial charge is 0.375 e. The van der Waals surface area contributed by atoms with Gasteiger partial charge in [0.15, 0.2) is 5.78 Å². The molecule has 19 heavy (non-hydrogen) atoms. The van der Waals surface area contributed by atoms with Crippen LogP contribution < -0.4 is 5.32 Å². The molecule has 0 aliphatic carbocycles. The molecule has 0 amide bonds. The molecule has 0 heterocycles. The van der Waals surface area contributed by atoms with Crippen molar-refractivity contribution >= 4 is 11.5 Å². The molecule has 2 aromatic rings. The van der Waals surface area contributed by atoms with Gasteiger partial charge in [-0.1, -0.05) is 35.9 Å². The predicted octanol–water partition coefficient (Wildman–Crippen LogP) is 3.74. The zero-order valence-electron chi connectivity index (χ0n) is 11.0. The van der Waals surface area contributed by atoms with E-state index in [0.717, 1.165) is 11.1 Å². The molecule has 0 saturated carbocycles. The Morgan fingerprint density at radius 2 is 1.89 bits per heavy atom. The maximum atomic E-state index is 13.4. The van der Waals surface area contributed by atoms with E-state index < -0.39 is 0 Å². The van der Waals surface area contributed by atoms with E-state index in [1.165, 1.54) is 6.07 Å². The summed E-state index contributed by atoms with van der Waals surface area (Å²) in [6.07, 6.45) is 0. The molecule has 0 fully saturated rings. The van der Waals surface area contributed by atoms with Crippen LogP contribution >= 0.6 is 0 Å². The molecule has 0 spiro atoms. The van der Waals surface area contributed by atoms with Crippen molar-refractivity contribution in [3.8, 4) is 0 Å². The molecule has 0 saturated heterocycles. The van der Waals surface area contributed by atoms with Crippen molar-refractivity contribution in [3.05, 3.63) is 65.0 Å². The second kappa shape index (κ2) is 5.65. The molecule has 3 heteroatoms. The molecule has 0 unspecified atom stereocenters. The Kier molecular flexibility index (Phi) is 3.95. The first-order valence-electron chi connectivity index (χ1n) is 6.17. The van der Waals surface area contributed by atoms with Gasteiger partial charge in [-0.3, -0.25) is 4.79 Å². The van der Waals surface area contributed by atoms with Crippen molar-refractivity contribution < 1.29 is 9.18 Å². The monoisotopic (exact) mass is 257 g/mol. The van der Waals surface area contributed by atoms with Crippen molar-refractivity contribution in [2.45, 2.75) is 13.8 Å². The molecule has 1 N–H and O–H groups in total. The van der Waals surface area contributed by atoms with Crippen molar-refractivity contribution in [1.29, 1.82) is 0 Å². The van der Waals surface area contributed by atoms with Crippen LogP contribution in [0.1, 0.15) is 21.5 Å². The van der Waals surface area contributed by atoms with Crippen LogP contribution in [0.3, 0.4) is 0 Å². The summed E-state index contributed by atoms with van der Waals surface area (Å²) in [5.41, 5.74) is 3.09. The zero-order chi connectivity index (χ0) is 13.8. The summed E-state index contributed by atoms with van der Waals surface area (Å²) < 4.78 is 13.4. The molecule has 0 bridgehead atoms. The highest BCUT2D eigenvalue weighted by Crippen LogP contribution is 2.14. The molecule has 0 aliphatic rings. The zero-order valence-corrected chi connectivity index (χ0v) is 11.0. The maximum absolute atomic E-state index is 13.4. The number of hydrogen-bond donors (Lipinski definition) is 1. The highest BCUT2D eigenvalue weighted by molar-refractivity contribution is 6.00. The summed E-state index contributed by atoms with van der Waals surface area (Å²) in [6, 6.07) is 12.0. The normalized spacial score (nSPS) is 10.3. The number of benzene rings is 2. The molecule has 0 aliphatic heterocycles. The smallest absolute Gasteiger partial charge is 0.182 e. The third-order valence-electron chi connectivity index (χ3n) is 3.00. The van der Waals surface area contributed by atoms with Gasteiger partial charge in [-0.05, 0) is 31.5 Å².